The van der Waals surface area contributed by atoms with Gasteiger partial charge in [0.05, 0.1) is 11.8 Å². The lowest BCUT2D eigenvalue weighted by Crippen LogP contribution is -2.13. The van der Waals surface area contributed by atoms with Crippen LogP contribution in [0.3, 0.4) is 0 Å². The van der Waals surface area contributed by atoms with Gasteiger partial charge < -0.3 is 5.32 Å². The predicted octanol–water partition coefficient (Wildman–Crippen LogP) is 2.92. The van der Waals surface area contributed by atoms with Gasteiger partial charge in [0.15, 0.2) is 0 Å². The average Bonchev–Trinajstić information content (AvgIpc) is 2.40. The molecule has 0 unspecified atom stereocenters. The van der Waals surface area contributed by atoms with Crippen molar-refractivity contribution in [3.05, 3.63) is 57.7 Å². The number of anilines is 2. The van der Waals surface area contributed by atoms with Crippen LogP contribution in [0.5, 0.6) is 0 Å². The minimum Gasteiger partial charge on any atom is -0.322 e. The molecule has 5 nitrogen and oxygen atoms in total. The molecule has 110 valence electrons. The van der Waals surface area contributed by atoms with Crippen LogP contribution in [0.4, 0.5) is 11.4 Å². The lowest BCUT2D eigenvalue weighted by Gasteiger charge is -2.08. The molecule has 1 amide bonds. The first kappa shape index (κ1) is 15.8. The van der Waals surface area contributed by atoms with Gasteiger partial charge >= 0.3 is 0 Å². The van der Waals surface area contributed by atoms with Crippen molar-refractivity contribution in [2.75, 3.05) is 16.3 Å². The van der Waals surface area contributed by atoms with E-state index in [2.05, 4.69) is 32.6 Å². The number of amides is 1. The van der Waals surface area contributed by atoms with Crippen molar-refractivity contribution in [3.8, 4) is 0 Å². The summed E-state index contributed by atoms with van der Waals surface area (Å²) in [5.41, 5.74) is 1.64. The number of carbonyl (C=O) groups excluding carboxylic acids is 1. The molecule has 0 aliphatic heterocycles. The minimum atomic E-state index is -3.30. The van der Waals surface area contributed by atoms with Gasteiger partial charge in [0.2, 0.25) is 10.0 Å². The Bertz CT molecular complexity index is 758. The third kappa shape index (κ3) is 4.71. The first-order valence-corrected chi connectivity index (χ1v) is 8.96. The van der Waals surface area contributed by atoms with E-state index in [4.69, 9.17) is 0 Å². The van der Waals surface area contributed by atoms with Gasteiger partial charge in [-0.05, 0) is 59.0 Å². The molecule has 0 aliphatic rings. The highest BCUT2D eigenvalue weighted by atomic mass is 127. The first-order chi connectivity index (χ1) is 9.85. The monoisotopic (exact) mass is 416 g/mol. The normalized spacial score (nSPS) is 11.0. The fourth-order valence-corrected chi connectivity index (χ4v) is 2.88. The van der Waals surface area contributed by atoms with Gasteiger partial charge in [0.25, 0.3) is 5.91 Å². The number of hydrogen-bond acceptors (Lipinski definition) is 3. The number of halogens is 1. The summed E-state index contributed by atoms with van der Waals surface area (Å²) in [7, 11) is -3.30. The Hall–Kier alpha value is -1.61. The Kier molecular flexibility index (Phi) is 4.84. The van der Waals surface area contributed by atoms with E-state index in [1.54, 1.807) is 36.4 Å². The lowest BCUT2D eigenvalue weighted by atomic mass is 10.2. The standard InChI is InChI=1S/C14H13IN2O3S/c1-21(19,20)17-11-8-6-10(7-9-11)16-14(18)12-4-2-3-5-13(12)15/h2-9,17H,1H3,(H,16,18). The molecule has 2 aromatic carbocycles. The molecule has 0 aromatic heterocycles. The summed E-state index contributed by atoms with van der Waals surface area (Å²) in [5.74, 6) is -0.205. The molecule has 0 radical (unpaired) electrons. The Morgan fingerprint density at radius 2 is 1.57 bits per heavy atom. The molecule has 0 fully saturated rings. The van der Waals surface area contributed by atoms with Crippen LogP contribution in [0.15, 0.2) is 48.5 Å². The second kappa shape index (κ2) is 6.44. The summed E-state index contributed by atoms with van der Waals surface area (Å²) in [6.45, 7) is 0. The third-order valence-electron chi connectivity index (χ3n) is 2.56. The summed E-state index contributed by atoms with van der Waals surface area (Å²) in [6, 6.07) is 13.7. The minimum absolute atomic E-state index is 0.205. The number of carbonyl (C=O) groups is 1. The largest absolute Gasteiger partial charge is 0.322 e. The zero-order chi connectivity index (χ0) is 15.5. The maximum absolute atomic E-state index is 12.1. The molecule has 0 heterocycles. The van der Waals surface area contributed by atoms with E-state index >= 15 is 0 Å². The number of rotatable bonds is 4. The first-order valence-electron chi connectivity index (χ1n) is 5.99. The molecule has 7 heteroatoms. The van der Waals surface area contributed by atoms with Crippen LogP contribution < -0.4 is 10.0 Å². The highest BCUT2D eigenvalue weighted by Gasteiger charge is 2.09. The predicted molar refractivity (Wildman–Crippen MR) is 92.0 cm³/mol. The molecule has 0 saturated heterocycles. The number of hydrogen-bond donors (Lipinski definition) is 2. The Morgan fingerprint density at radius 1 is 1.00 bits per heavy atom. The van der Waals surface area contributed by atoms with E-state index in [1.165, 1.54) is 0 Å². The summed E-state index contributed by atoms with van der Waals surface area (Å²) < 4.78 is 25.4. The van der Waals surface area contributed by atoms with Crippen LogP contribution in [0, 0.1) is 3.57 Å². The van der Waals surface area contributed by atoms with E-state index in [1.807, 2.05) is 12.1 Å². The van der Waals surface area contributed by atoms with Crippen molar-refractivity contribution >= 4 is 49.9 Å². The molecule has 0 spiro atoms. The summed E-state index contributed by atoms with van der Waals surface area (Å²) in [6.07, 6.45) is 1.08. The Labute approximate surface area is 137 Å². The van der Waals surface area contributed by atoms with Crippen LogP contribution in [0.1, 0.15) is 10.4 Å². The average molecular weight is 416 g/mol. The summed E-state index contributed by atoms with van der Waals surface area (Å²) >= 11 is 2.10. The van der Waals surface area contributed by atoms with Crippen molar-refractivity contribution in [1.29, 1.82) is 0 Å². The van der Waals surface area contributed by atoms with Crippen LogP contribution >= 0.6 is 22.6 Å². The van der Waals surface area contributed by atoms with E-state index in [-0.39, 0.29) is 5.91 Å². The van der Waals surface area contributed by atoms with Crippen LogP contribution in [-0.4, -0.2) is 20.6 Å². The van der Waals surface area contributed by atoms with Gasteiger partial charge in [0, 0.05) is 14.9 Å². The second-order valence-electron chi connectivity index (χ2n) is 4.39. The number of sulfonamides is 1. The van der Waals surface area contributed by atoms with E-state index < -0.39 is 10.0 Å². The topological polar surface area (TPSA) is 75.3 Å². The fraction of sp³-hybridized carbons (Fsp3) is 0.0714. The van der Waals surface area contributed by atoms with Crippen LogP contribution in [0.2, 0.25) is 0 Å². The highest BCUT2D eigenvalue weighted by Crippen LogP contribution is 2.17. The molecular weight excluding hydrogens is 403 g/mol. The van der Waals surface area contributed by atoms with Crippen molar-refractivity contribution in [2.24, 2.45) is 0 Å². The zero-order valence-electron chi connectivity index (χ0n) is 11.1. The lowest BCUT2D eigenvalue weighted by molar-refractivity contribution is 0.102. The summed E-state index contributed by atoms with van der Waals surface area (Å²) in [5, 5.41) is 2.77. The molecule has 0 atom stereocenters. The molecule has 21 heavy (non-hydrogen) atoms. The third-order valence-corrected chi connectivity index (χ3v) is 4.11. The molecular formula is C14H13IN2O3S. The van der Waals surface area contributed by atoms with Crippen molar-refractivity contribution in [3.63, 3.8) is 0 Å². The summed E-state index contributed by atoms with van der Waals surface area (Å²) in [4.78, 5) is 12.1. The van der Waals surface area contributed by atoms with Gasteiger partial charge in [-0.2, -0.15) is 0 Å². The van der Waals surface area contributed by atoms with Gasteiger partial charge in [-0.15, -0.1) is 0 Å². The van der Waals surface area contributed by atoms with Crippen molar-refractivity contribution in [2.45, 2.75) is 0 Å². The second-order valence-corrected chi connectivity index (χ2v) is 7.30. The van der Waals surface area contributed by atoms with Crippen molar-refractivity contribution in [1.82, 2.24) is 0 Å². The Morgan fingerprint density at radius 3 is 2.14 bits per heavy atom. The Balaban J connectivity index is 2.10. The quantitative estimate of drug-likeness (QED) is 0.753. The highest BCUT2D eigenvalue weighted by molar-refractivity contribution is 14.1. The molecule has 2 N–H and O–H groups in total. The molecule has 0 bridgehead atoms. The fourth-order valence-electron chi connectivity index (χ4n) is 1.68. The van der Waals surface area contributed by atoms with E-state index in [9.17, 15) is 13.2 Å². The molecule has 2 aromatic rings. The van der Waals surface area contributed by atoms with Gasteiger partial charge in [-0.1, -0.05) is 12.1 Å². The van der Waals surface area contributed by atoms with Gasteiger partial charge in [-0.25, -0.2) is 8.42 Å². The maximum Gasteiger partial charge on any atom is 0.256 e. The molecule has 0 saturated carbocycles. The SMILES string of the molecule is CS(=O)(=O)Nc1ccc(NC(=O)c2ccccc2I)cc1. The van der Waals surface area contributed by atoms with Gasteiger partial charge in [-0.3, -0.25) is 9.52 Å². The van der Waals surface area contributed by atoms with E-state index in [0.717, 1.165) is 9.83 Å². The van der Waals surface area contributed by atoms with Crippen LogP contribution in [0.25, 0.3) is 0 Å². The molecule has 2 rings (SSSR count). The molecule has 0 aliphatic carbocycles. The van der Waals surface area contributed by atoms with Crippen LogP contribution in [-0.2, 0) is 10.0 Å². The smallest absolute Gasteiger partial charge is 0.256 e. The number of benzene rings is 2. The maximum atomic E-state index is 12.1. The van der Waals surface area contributed by atoms with E-state index in [0.29, 0.717) is 16.9 Å². The number of nitrogens with one attached hydrogen (secondary N) is 2. The van der Waals surface area contributed by atoms with Crippen molar-refractivity contribution < 1.29 is 13.2 Å². The zero-order valence-corrected chi connectivity index (χ0v) is 14.1. The van der Waals surface area contributed by atoms with Gasteiger partial charge in [0.1, 0.15) is 0 Å².